The number of hydrogen-bond acceptors (Lipinski definition) is 5. The molecule has 0 aromatic carbocycles. The molecule has 2 amide bonds. The van der Waals surface area contributed by atoms with Crippen LogP contribution in [0, 0.1) is 0 Å². The Kier molecular flexibility index (Phi) is 6.35. The van der Waals surface area contributed by atoms with Gasteiger partial charge < -0.3 is 20.4 Å². The van der Waals surface area contributed by atoms with Crippen LogP contribution in [0.5, 0.6) is 0 Å². The molecule has 0 bridgehead atoms. The molecule has 0 unspecified atom stereocenters. The summed E-state index contributed by atoms with van der Waals surface area (Å²) >= 11 is 0. The number of nitrogens with zero attached hydrogens (tertiary/aromatic N) is 2. The highest BCUT2D eigenvalue weighted by Gasteiger charge is 2.37. The molecule has 2 saturated heterocycles. The molecule has 2 aliphatic rings. The summed E-state index contributed by atoms with van der Waals surface area (Å²) in [6, 6.07) is -2.08. The fourth-order valence-electron chi connectivity index (χ4n) is 3.54. The minimum atomic E-state index is -1.03. The Balaban J connectivity index is 1.91. The lowest BCUT2D eigenvalue weighted by molar-refractivity contribution is -0.149. The highest BCUT2D eigenvalue weighted by molar-refractivity contribution is 5.92. The predicted octanol–water partition coefficient (Wildman–Crippen LogP) is -0.494. The van der Waals surface area contributed by atoms with Crippen molar-refractivity contribution in [1.82, 2.24) is 15.1 Å². The zero-order valence-corrected chi connectivity index (χ0v) is 14.3. The van der Waals surface area contributed by atoms with Gasteiger partial charge in [0, 0.05) is 13.1 Å². The quantitative estimate of drug-likeness (QED) is 0.562. The van der Waals surface area contributed by atoms with Crippen LogP contribution in [-0.4, -0.2) is 81.5 Å². The first-order chi connectivity index (χ1) is 11.8. The van der Waals surface area contributed by atoms with Gasteiger partial charge in [0.25, 0.3) is 0 Å². The van der Waals surface area contributed by atoms with Crippen LogP contribution in [0.3, 0.4) is 0 Å². The summed E-state index contributed by atoms with van der Waals surface area (Å²) in [4.78, 5) is 50.0. The normalized spacial score (nSPS) is 24.9. The summed E-state index contributed by atoms with van der Waals surface area (Å²) in [5, 5.41) is 20.6. The highest BCUT2D eigenvalue weighted by atomic mass is 16.4. The largest absolute Gasteiger partial charge is 0.481 e. The summed E-state index contributed by atoms with van der Waals surface area (Å²) < 4.78 is 0. The van der Waals surface area contributed by atoms with Gasteiger partial charge in [-0.1, -0.05) is 0 Å². The number of nitrogens with one attached hydrogen (secondary N) is 1. The molecule has 25 heavy (non-hydrogen) atoms. The van der Waals surface area contributed by atoms with Crippen LogP contribution in [-0.2, 0) is 19.2 Å². The molecule has 0 spiro atoms. The number of carboxylic acids is 2. The number of rotatable bonds is 7. The van der Waals surface area contributed by atoms with E-state index in [4.69, 9.17) is 5.11 Å². The topological polar surface area (TPSA) is 127 Å². The number of hydrogen-bond donors (Lipinski definition) is 3. The number of carbonyl (C=O) groups is 4. The van der Waals surface area contributed by atoms with Gasteiger partial charge in [-0.3, -0.25) is 19.3 Å². The van der Waals surface area contributed by atoms with Gasteiger partial charge in [0.05, 0.1) is 12.5 Å². The van der Waals surface area contributed by atoms with Gasteiger partial charge in [0.1, 0.15) is 12.1 Å². The van der Waals surface area contributed by atoms with Crippen molar-refractivity contribution < 1.29 is 29.4 Å². The lowest BCUT2D eigenvalue weighted by Crippen LogP contribution is -2.53. The van der Waals surface area contributed by atoms with Crippen molar-refractivity contribution in [2.24, 2.45) is 0 Å². The highest BCUT2D eigenvalue weighted by Crippen LogP contribution is 2.20. The predicted molar refractivity (Wildman–Crippen MR) is 86.8 cm³/mol. The standard InChI is InChI=1S/C16H25N3O6/c1-10(15(23)19-8-3-5-12(19)16(24)25)17-14(22)11-4-2-7-18(11)9-6-13(20)21/h10-12H,2-9H2,1H3,(H,17,22)(H,20,21)(H,24,25)/t10-,11+,12+/m1/s1. The van der Waals surface area contributed by atoms with Gasteiger partial charge in [0.2, 0.25) is 11.8 Å². The van der Waals surface area contributed by atoms with Crippen LogP contribution in [0.4, 0.5) is 0 Å². The zero-order chi connectivity index (χ0) is 18.6. The zero-order valence-electron chi connectivity index (χ0n) is 14.3. The Hall–Kier alpha value is -2.16. The van der Waals surface area contributed by atoms with E-state index in [1.807, 2.05) is 4.90 Å². The maximum Gasteiger partial charge on any atom is 0.326 e. The van der Waals surface area contributed by atoms with Gasteiger partial charge in [-0.15, -0.1) is 0 Å². The Morgan fingerprint density at radius 2 is 1.72 bits per heavy atom. The molecule has 0 radical (unpaired) electrons. The molecular weight excluding hydrogens is 330 g/mol. The van der Waals surface area contributed by atoms with Crippen molar-refractivity contribution in [3.63, 3.8) is 0 Å². The maximum atomic E-state index is 12.5. The third kappa shape index (κ3) is 4.68. The lowest BCUT2D eigenvalue weighted by Gasteiger charge is -2.28. The molecule has 2 heterocycles. The van der Waals surface area contributed by atoms with Gasteiger partial charge in [-0.05, 0) is 39.2 Å². The van der Waals surface area contributed by atoms with Gasteiger partial charge in [-0.25, -0.2) is 4.79 Å². The maximum absolute atomic E-state index is 12.5. The Morgan fingerprint density at radius 1 is 1.08 bits per heavy atom. The molecule has 0 aromatic heterocycles. The second-order valence-electron chi connectivity index (χ2n) is 6.60. The van der Waals surface area contributed by atoms with E-state index in [1.54, 1.807) is 6.92 Å². The van der Waals surface area contributed by atoms with Crippen LogP contribution in [0.15, 0.2) is 0 Å². The second kappa shape index (κ2) is 8.28. The third-order valence-corrected chi connectivity index (χ3v) is 4.83. The first kappa shape index (κ1) is 19.2. The molecule has 0 aromatic rings. The Labute approximate surface area is 146 Å². The molecule has 0 saturated carbocycles. The van der Waals surface area contributed by atoms with Crippen molar-refractivity contribution >= 4 is 23.8 Å². The summed E-state index contributed by atoms with van der Waals surface area (Å²) in [5.41, 5.74) is 0. The Morgan fingerprint density at radius 3 is 2.36 bits per heavy atom. The van der Waals surface area contributed by atoms with Crippen molar-refractivity contribution in [1.29, 1.82) is 0 Å². The van der Waals surface area contributed by atoms with E-state index < -0.39 is 36.0 Å². The molecule has 9 heteroatoms. The summed E-state index contributed by atoms with van der Waals surface area (Å²) in [6.45, 7) is 2.88. The molecule has 3 atom stereocenters. The van der Waals surface area contributed by atoms with Crippen molar-refractivity contribution in [3.8, 4) is 0 Å². The van der Waals surface area contributed by atoms with Gasteiger partial charge in [-0.2, -0.15) is 0 Å². The van der Waals surface area contributed by atoms with Gasteiger partial charge in [0.15, 0.2) is 0 Å². The molecule has 2 aliphatic heterocycles. The van der Waals surface area contributed by atoms with E-state index in [2.05, 4.69) is 5.32 Å². The van der Waals surface area contributed by atoms with E-state index in [0.29, 0.717) is 38.9 Å². The average molecular weight is 355 g/mol. The van der Waals surface area contributed by atoms with Crippen molar-refractivity contribution in [3.05, 3.63) is 0 Å². The molecular formula is C16H25N3O6. The van der Waals surface area contributed by atoms with Crippen LogP contribution >= 0.6 is 0 Å². The molecule has 2 rings (SSSR count). The Bertz CT molecular complexity index is 552. The van der Waals surface area contributed by atoms with Crippen LogP contribution in [0.1, 0.15) is 39.0 Å². The second-order valence-corrected chi connectivity index (χ2v) is 6.60. The number of carboxylic acid groups (broad SMARTS) is 2. The number of likely N-dealkylation sites (tertiary alicyclic amines) is 2. The average Bonchev–Trinajstić information content (AvgIpc) is 3.20. The van der Waals surface area contributed by atoms with E-state index in [1.165, 1.54) is 4.90 Å². The number of carbonyl (C=O) groups excluding carboxylic acids is 2. The monoisotopic (exact) mass is 355 g/mol. The van der Waals surface area contributed by atoms with Crippen LogP contribution < -0.4 is 5.32 Å². The summed E-state index contributed by atoms with van der Waals surface area (Å²) in [7, 11) is 0. The minimum Gasteiger partial charge on any atom is -0.481 e. The smallest absolute Gasteiger partial charge is 0.326 e. The fourth-order valence-corrected chi connectivity index (χ4v) is 3.54. The van der Waals surface area contributed by atoms with Crippen LogP contribution in [0.25, 0.3) is 0 Å². The minimum absolute atomic E-state index is 0.0354. The number of aliphatic carboxylic acids is 2. The van der Waals surface area contributed by atoms with E-state index in [9.17, 15) is 24.3 Å². The summed E-state index contributed by atoms with van der Waals surface area (Å²) in [5.74, 6) is -2.65. The fraction of sp³-hybridized carbons (Fsp3) is 0.750. The lowest BCUT2D eigenvalue weighted by atomic mass is 10.1. The summed E-state index contributed by atoms with van der Waals surface area (Å²) in [6.07, 6.45) is 2.44. The van der Waals surface area contributed by atoms with Crippen LogP contribution in [0.2, 0.25) is 0 Å². The van der Waals surface area contributed by atoms with E-state index in [-0.39, 0.29) is 12.3 Å². The van der Waals surface area contributed by atoms with Gasteiger partial charge >= 0.3 is 11.9 Å². The van der Waals surface area contributed by atoms with Crippen molar-refractivity contribution in [2.75, 3.05) is 19.6 Å². The molecule has 9 nitrogen and oxygen atoms in total. The SMILES string of the molecule is C[C@@H](NC(=O)[C@@H]1CCCN1CCC(=O)O)C(=O)N1CCC[C@H]1C(=O)O. The van der Waals surface area contributed by atoms with Crippen molar-refractivity contribution in [2.45, 2.75) is 57.2 Å². The van der Waals surface area contributed by atoms with E-state index in [0.717, 1.165) is 6.42 Å². The third-order valence-electron chi connectivity index (χ3n) is 4.83. The molecule has 0 aliphatic carbocycles. The first-order valence-electron chi connectivity index (χ1n) is 8.60. The molecule has 3 N–H and O–H groups in total. The van der Waals surface area contributed by atoms with E-state index >= 15 is 0 Å². The molecule has 140 valence electrons. The number of amides is 2. The first-order valence-corrected chi connectivity index (χ1v) is 8.60. The molecule has 2 fully saturated rings.